The molecule has 1 rings (SSSR count). The van der Waals surface area contributed by atoms with Gasteiger partial charge in [0.1, 0.15) is 11.8 Å². The third kappa shape index (κ3) is 6.22. The predicted molar refractivity (Wildman–Crippen MR) is 94.0 cm³/mol. The molecular weight excluding hydrogens is 306 g/mol. The maximum absolute atomic E-state index is 12.3. The van der Waals surface area contributed by atoms with Gasteiger partial charge in [0.25, 0.3) is 5.91 Å². The van der Waals surface area contributed by atoms with Gasteiger partial charge in [0, 0.05) is 0 Å². The van der Waals surface area contributed by atoms with Gasteiger partial charge in [-0.15, -0.1) is 0 Å². The van der Waals surface area contributed by atoms with Crippen LogP contribution >= 0.6 is 0 Å². The molecule has 0 saturated carbocycles. The quantitative estimate of drug-likeness (QED) is 0.741. The zero-order valence-electron chi connectivity index (χ0n) is 15.5. The first-order valence-electron chi connectivity index (χ1n) is 8.39. The van der Waals surface area contributed by atoms with Crippen LogP contribution in [0.1, 0.15) is 52.5 Å². The lowest BCUT2D eigenvalue weighted by molar-refractivity contribution is -0.146. The summed E-state index contributed by atoms with van der Waals surface area (Å²) in [5.41, 5.74) is 1.15. The summed E-state index contributed by atoms with van der Waals surface area (Å²) in [6, 6.07) is 7.03. The topological polar surface area (TPSA) is 64.6 Å². The van der Waals surface area contributed by atoms with Gasteiger partial charge in [-0.1, -0.05) is 39.8 Å². The molecule has 5 heteroatoms. The van der Waals surface area contributed by atoms with Gasteiger partial charge in [0.2, 0.25) is 0 Å². The van der Waals surface area contributed by atoms with Gasteiger partial charge >= 0.3 is 5.97 Å². The van der Waals surface area contributed by atoms with Crippen LogP contribution in [-0.2, 0) is 14.3 Å². The highest BCUT2D eigenvalue weighted by atomic mass is 16.5. The second-order valence-corrected chi connectivity index (χ2v) is 6.70. The molecular formula is C19H29NO4. The summed E-state index contributed by atoms with van der Waals surface area (Å²) >= 11 is 0. The van der Waals surface area contributed by atoms with E-state index in [9.17, 15) is 9.59 Å². The molecule has 0 saturated heterocycles. The maximum atomic E-state index is 12.3. The Morgan fingerprint density at radius 1 is 1.12 bits per heavy atom. The first kappa shape index (κ1) is 20.0. The molecule has 2 atom stereocenters. The molecule has 0 bridgehead atoms. The summed E-state index contributed by atoms with van der Waals surface area (Å²) < 4.78 is 10.5. The van der Waals surface area contributed by atoms with E-state index in [0.29, 0.717) is 18.1 Å². The Balaban J connectivity index is 2.72. The number of nitrogens with one attached hydrogen (secondary N) is 1. The fraction of sp³-hybridized carbons (Fsp3) is 0.579. The summed E-state index contributed by atoms with van der Waals surface area (Å²) in [5.74, 6) is 0.509. The van der Waals surface area contributed by atoms with Crippen molar-refractivity contribution in [3.8, 4) is 5.75 Å². The number of benzene rings is 1. The fourth-order valence-corrected chi connectivity index (χ4v) is 2.32. The molecule has 0 unspecified atom stereocenters. The van der Waals surface area contributed by atoms with Gasteiger partial charge in [0.15, 0.2) is 6.10 Å². The molecule has 0 aliphatic carbocycles. The summed E-state index contributed by atoms with van der Waals surface area (Å²) in [7, 11) is 1.32. The van der Waals surface area contributed by atoms with Crippen LogP contribution in [0.3, 0.4) is 0 Å². The largest absolute Gasteiger partial charge is 0.481 e. The molecule has 0 fully saturated rings. The first-order valence-corrected chi connectivity index (χ1v) is 8.39. The van der Waals surface area contributed by atoms with Gasteiger partial charge < -0.3 is 14.8 Å². The molecule has 0 aliphatic rings. The van der Waals surface area contributed by atoms with E-state index in [0.717, 1.165) is 5.56 Å². The fourth-order valence-electron chi connectivity index (χ4n) is 2.32. The van der Waals surface area contributed by atoms with Crippen molar-refractivity contribution < 1.29 is 19.1 Å². The summed E-state index contributed by atoms with van der Waals surface area (Å²) in [5, 5.41) is 2.72. The van der Waals surface area contributed by atoms with Crippen molar-refractivity contribution in [3.05, 3.63) is 29.8 Å². The lowest BCUT2D eigenvalue weighted by Crippen LogP contribution is -2.47. The Morgan fingerprint density at radius 2 is 1.79 bits per heavy atom. The van der Waals surface area contributed by atoms with Crippen LogP contribution in [0.15, 0.2) is 24.3 Å². The Labute approximate surface area is 144 Å². The monoisotopic (exact) mass is 335 g/mol. The highest BCUT2D eigenvalue weighted by Crippen LogP contribution is 2.21. The predicted octanol–water partition coefficient (Wildman–Crippen LogP) is 3.28. The number of esters is 1. The van der Waals surface area contributed by atoms with Crippen LogP contribution < -0.4 is 10.1 Å². The van der Waals surface area contributed by atoms with Gasteiger partial charge in [-0.3, -0.25) is 4.79 Å². The average molecular weight is 335 g/mol. The Hall–Kier alpha value is -2.04. The molecule has 0 radical (unpaired) electrons. The van der Waals surface area contributed by atoms with Gasteiger partial charge in [-0.2, -0.15) is 0 Å². The standard InChI is InChI=1S/C19H29NO4/c1-12(2)10-17(19(22)23-6)20-18(21)14(5)24-16-9-7-8-15(11-16)13(3)4/h7-9,11-14,17H,10H2,1-6H3,(H,20,21)/t14-,17-/m1/s1. The molecule has 1 N–H and O–H groups in total. The van der Waals surface area contributed by atoms with Gasteiger partial charge in [-0.05, 0) is 42.9 Å². The third-order valence-corrected chi connectivity index (χ3v) is 3.72. The van der Waals surface area contributed by atoms with Gasteiger partial charge in [-0.25, -0.2) is 4.79 Å². The van der Waals surface area contributed by atoms with E-state index in [-0.39, 0.29) is 11.8 Å². The van der Waals surface area contributed by atoms with Crippen molar-refractivity contribution in [2.24, 2.45) is 5.92 Å². The van der Waals surface area contributed by atoms with E-state index in [1.54, 1.807) is 6.92 Å². The van der Waals surface area contributed by atoms with Crippen LogP contribution in [0.2, 0.25) is 0 Å². The Kier molecular flexibility index (Phi) is 7.75. The van der Waals surface area contributed by atoms with Crippen LogP contribution in [0.4, 0.5) is 0 Å². The maximum Gasteiger partial charge on any atom is 0.328 e. The molecule has 5 nitrogen and oxygen atoms in total. The number of carbonyl (C=O) groups is 2. The SMILES string of the molecule is COC(=O)[C@@H](CC(C)C)NC(=O)[C@@H](C)Oc1cccc(C(C)C)c1. The molecule has 0 aliphatic heterocycles. The smallest absolute Gasteiger partial charge is 0.328 e. The molecule has 0 aromatic heterocycles. The Bertz CT molecular complexity index is 554. The highest BCUT2D eigenvalue weighted by Gasteiger charge is 2.25. The normalized spacial score (nSPS) is 13.5. The van der Waals surface area contributed by atoms with Crippen LogP contribution in [-0.4, -0.2) is 31.1 Å². The summed E-state index contributed by atoms with van der Waals surface area (Å²) in [6.07, 6.45) is -0.180. The van der Waals surface area contributed by atoms with Crippen molar-refractivity contribution in [2.75, 3.05) is 7.11 Å². The number of hydrogen-bond acceptors (Lipinski definition) is 4. The van der Waals surface area contributed by atoms with Crippen molar-refractivity contribution >= 4 is 11.9 Å². The second-order valence-electron chi connectivity index (χ2n) is 6.70. The molecule has 134 valence electrons. The lowest BCUT2D eigenvalue weighted by Gasteiger charge is -2.21. The summed E-state index contributed by atoms with van der Waals surface area (Å²) in [4.78, 5) is 24.1. The first-order chi connectivity index (χ1) is 11.2. The molecule has 0 heterocycles. The van der Waals surface area contributed by atoms with Crippen LogP contribution in [0.25, 0.3) is 0 Å². The average Bonchev–Trinajstić information content (AvgIpc) is 2.53. The molecule has 0 spiro atoms. The lowest BCUT2D eigenvalue weighted by atomic mass is 10.0. The number of hydrogen-bond donors (Lipinski definition) is 1. The number of methoxy groups -OCH3 is 1. The highest BCUT2D eigenvalue weighted by molar-refractivity contribution is 5.86. The minimum absolute atomic E-state index is 0.258. The number of ether oxygens (including phenoxy) is 2. The minimum Gasteiger partial charge on any atom is -0.481 e. The zero-order chi connectivity index (χ0) is 18.3. The van der Waals surface area contributed by atoms with E-state index in [2.05, 4.69) is 19.2 Å². The number of rotatable bonds is 8. The summed E-state index contributed by atoms with van der Waals surface area (Å²) in [6.45, 7) is 9.84. The van der Waals surface area contributed by atoms with E-state index < -0.39 is 18.1 Å². The molecule has 1 aromatic rings. The van der Waals surface area contributed by atoms with Crippen molar-refractivity contribution in [1.29, 1.82) is 0 Å². The van der Waals surface area contributed by atoms with Gasteiger partial charge in [0.05, 0.1) is 7.11 Å². The van der Waals surface area contributed by atoms with E-state index in [1.165, 1.54) is 7.11 Å². The second kappa shape index (κ2) is 9.30. The molecule has 1 amide bonds. The van der Waals surface area contributed by atoms with E-state index in [4.69, 9.17) is 9.47 Å². The third-order valence-electron chi connectivity index (χ3n) is 3.72. The number of carbonyl (C=O) groups excluding carboxylic acids is 2. The zero-order valence-corrected chi connectivity index (χ0v) is 15.5. The van der Waals surface area contributed by atoms with Crippen LogP contribution in [0.5, 0.6) is 5.75 Å². The minimum atomic E-state index is -0.702. The van der Waals surface area contributed by atoms with Crippen LogP contribution in [0, 0.1) is 5.92 Å². The van der Waals surface area contributed by atoms with Crippen molar-refractivity contribution in [2.45, 2.75) is 59.1 Å². The van der Waals surface area contributed by atoms with E-state index in [1.807, 2.05) is 38.1 Å². The molecule has 1 aromatic carbocycles. The Morgan fingerprint density at radius 3 is 2.33 bits per heavy atom. The van der Waals surface area contributed by atoms with Crippen molar-refractivity contribution in [1.82, 2.24) is 5.32 Å². The number of amides is 1. The van der Waals surface area contributed by atoms with E-state index >= 15 is 0 Å². The molecule has 24 heavy (non-hydrogen) atoms. The van der Waals surface area contributed by atoms with Crippen molar-refractivity contribution in [3.63, 3.8) is 0 Å².